The van der Waals surface area contributed by atoms with Crippen molar-refractivity contribution in [1.82, 2.24) is 9.97 Å². The predicted molar refractivity (Wildman–Crippen MR) is 75.7 cm³/mol. The van der Waals surface area contributed by atoms with E-state index in [2.05, 4.69) is 33.7 Å². The summed E-state index contributed by atoms with van der Waals surface area (Å²) in [6, 6.07) is 2.06. The minimum absolute atomic E-state index is 0.148. The summed E-state index contributed by atoms with van der Waals surface area (Å²) in [5, 5.41) is 6.69. The Morgan fingerprint density at radius 2 is 2.11 bits per heavy atom. The average Bonchev–Trinajstić information content (AvgIpc) is 2.97. The second-order valence-corrected chi connectivity index (χ2v) is 5.97. The van der Waals surface area contributed by atoms with Crippen LogP contribution in [0.4, 0.5) is 11.8 Å². The molecule has 0 saturated heterocycles. The molecule has 2 heterocycles. The van der Waals surface area contributed by atoms with Gasteiger partial charge < -0.3 is 5.32 Å². The minimum Gasteiger partial charge on any atom is -0.364 e. The van der Waals surface area contributed by atoms with Gasteiger partial charge in [0.1, 0.15) is 10.6 Å². The zero-order valence-corrected chi connectivity index (χ0v) is 11.2. The summed E-state index contributed by atoms with van der Waals surface area (Å²) in [5.74, 6) is 6.78. The number of nitrogens with one attached hydrogen (secondary N) is 2. The number of fused-ring (bicyclic) bond motifs is 1. The summed E-state index contributed by atoms with van der Waals surface area (Å²) in [6.07, 6.45) is 4.94. The number of nitrogen functional groups attached to an aromatic ring is 1. The first-order chi connectivity index (χ1) is 8.70. The molecular weight excluding hydrogens is 246 g/mol. The Bertz CT molecular complexity index is 559. The van der Waals surface area contributed by atoms with Gasteiger partial charge in [0.15, 0.2) is 0 Å². The van der Waals surface area contributed by atoms with E-state index < -0.39 is 0 Å². The molecule has 1 aliphatic carbocycles. The molecule has 0 spiro atoms. The molecule has 1 fully saturated rings. The van der Waals surface area contributed by atoms with Crippen LogP contribution < -0.4 is 16.6 Å². The van der Waals surface area contributed by atoms with Crippen LogP contribution in [0.1, 0.15) is 32.6 Å². The second-order valence-electron chi connectivity index (χ2n) is 5.07. The molecule has 2 aromatic heterocycles. The van der Waals surface area contributed by atoms with E-state index >= 15 is 0 Å². The standard InChI is InChI=1S/C12H17N5S/c1-12(5-2-3-6-12)16-9-8-4-7-18-10(8)15-11(14-9)17-13/h4,7H,2-3,5-6,13H2,1H3,(H2,14,15,16,17). The summed E-state index contributed by atoms with van der Waals surface area (Å²) in [4.78, 5) is 9.75. The molecule has 1 saturated carbocycles. The van der Waals surface area contributed by atoms with E-state index in [0.29, 0.717) is 5.95 Å². The first kappa shape index (κ1) is 11.7. The van der Waals surface area contributed by atoms with E-state index in [4.69, 9.17) is 5.84 Å². The SMILES string of the molecule is CC1(Nc2nc(NN)nc3sccc23)CCCC1. The van der Waals surface area contributed by atoms with Gasteiger partial charge in [-0.1, -0.05) is 12.8 Å². The van der Waals surface area contributed by atoms with Crippen LogP contribution in [-0.4, -0.2) is 15.5 Å². The normalized spacial score (nSPS) is 18.1. The number of anilines is 2. The van der Waals surface area contributed by atoms with Crippen LogP contribution in [0.2, 0.25) is 0 Å². The Balaban J connectivity index is 2.01. The maximum absolute atomic E-state index is 5.42. The molecule has 18 heavy (non-hydrogen) atoms. The summed E-state index contributed by atoms with van der Waals surface area (Å²) in [6.45, 7) is 2.26. The Labute approximate surface area is 110 Å². The smallest absolute Gasteiger partial charge is 0.240 e. The van der Waals surface area contributed by atoms with Gasteiger partial charge in [0.05, 0.1) is 5.39 Å². The Hall–Kier alpha value is -1.40. The number of hydrogen-bond acceptors (Lipinski definition) is 6. The van der Waals surface area contributed by atoms with E-state index in [0.717, 1.165) is 16.0 Å². The van der Waals surface area contributed by atoms with Gasteiger partial charge in [-0.2, -0.15) is 4.98 Å². The van der Waals surface area contributed by atoms with Crippen molar-refractivity contribution in [2.24, 2.45) is 5.84 Å². The van der Waals surface area contributed by atoms with Crippen LogP contribution in [0.15, 0.2) is 11.4 Å². The zero-order valence-electron chi connectivity index (χ0n) is 10.4. The molecule has 0 unspecified atom stereocenters. The maximum Gasteiger partial charge on any atom is 0.240 e. The molecule has 0 bridgehead atoms. The van der Waals surface area contributed by atoms with Gasteiger partial charge in [0, 0.05) is 5.54 Å². The zero-order chi connectivity index (χ0) is 12.6. The summed E-state index contributed by atoms with van der Waals surface area (Å²) < 4.78 is 0. The van der Waals surface area contributed by atoms with Gasteiger partial charge in [0.25, 0.3) is 0 Å². The highest BCUT2D eigenvalue weighted by atomic mass is 32.1. The largest absolute Gasteiger partial charge is 0.364 e. The predicted octanol–water partition coefficient (Wildman–Crippen LogP) is 2.72. The molecule has 0 aromatic carbocycles. The van der Waals surface area contributed by atoms with Gasteiger partial charge in [-0.05, 0) is 31.2 Å². The fourth-order valence-electron chi connectivity index (χ4n) is 2.58. The lowest BCUT2D eigenvalue weighted by Gasteiger charge is -2.26. The third-order valence-corrected chi connectivity index (χ3v) is 4.39. The number of hydrogen-bond donors (Lipinski definition) is 3. The van der Waals surface area contributed by atoms with Crippen molar-refractivity contribution in [1.29, 1.82) is 0 Å². The van der Waals surface area contributed by atoms with Gasteiger partial charge in [-0.3, -0.25) is 5.43 Å². The molecule has 3 rings (SSSR count). The van der Waals surface area contributed by atoms with E-state index in [-0.39, 0.29) is 5.54 Å². The topological polar surface area (TPSA) is 75.9 Å². The van der Waals surface area contributed by atoms with Crippen LogP contribution in [0.3, 0.4) is 0 Å². The summed E-state index contributed by atoms with van der Waals surface area (Å²) in [7, 11) is 0. The van der Waals surface area contributed by atoms with Crippen LogP contribution in [0, 0.1) is 0 Å². The quantitative estimate of drug-likeness (QED) is 0.586. The second kappa shape index (κ2) is 4.37. The van der Waals surface area contributed by atoms with Crippen molar-refractivity contribution >= 4 is 33.3 Å². The van der Waals surface area contributed by atoms with Crippen molar-refractivity contribution in [2.45, 2.75) is 38.1 Å². The van der Waals surface area contributed by atoms with Crippen molar-refractivity contribution in [3.8, 4) is 0 Å². The van der Waals surface area contributed by atoms with Crippen molar-refractivity contribution in [2.75, 3.05) is 10.7 Å². The van der Waals surface area contributed by atoms with Gasteiger partial charge >= 0.3 is 0 Å². The summed E-state index contributed by atoms with van der Waals surface area (Å²) in [5.41, 5.74) is 2.68. The number of rotatable bonds is 3. The third kappa shape index (κ3) is 2.02. The van der Waals surface area contributed by atoms with E-state index in [1.807, 2.05) is 5.38 Å². The molecular formula is C12H17N5S. The molecule has 6 heteroatoms. The minimum atomic E-state index is 0.148. The van der Waals surface area contributed by atoms with E-state index in [9.17, 15) is 0 Å². The van der Waals surface area contributed by atoms with Gasteiger partial charge in [-0.25, -0.2) is 10.8 Å². The van der Waals surface area contributed by atoms with Crippen molar-refractivity contribution in [3.63, 3.8) is 0 Å². The van der Waals surface area contributed by atoms with Crippen LogP contribution in [0.25, 0.3) is 10.2 Å². The van der Waals surface area contributed by atoms with Gasteiger partial charge in [0.2, 0.25) is 5.95 Å². The number of hydrazine groups is 1. The molecule has 0 amide bonds. The first-order valence-electron chi connectivity index (χ1n) is 6.20. The number of nitrogens with two attached hydrogens (primary N) is 1. The molecule has 0 atom stereocenters. The summed E-state index contributed by atoms with van der Waals surface area (Å²) >= 11 is 1.60. The Morgan fingerprint density at radius 3 is 2.83 bits per heavy atom. The fourth-order valence-corrected chi connectivity index (χ4v) is 3.35. The Kier molecular flexibility index (Phi) is 2.83. The molecule has 96 valence electrons. The average molecular weight is 263 g/mol. The Morgan fingerprint density at radius 1 is 1.33 bits per heavy atom. The molecule has 0 aliphatic heterocycles. The van der Waals surface area contributed by atoms with Crippen LogP contribution >= 0.6 is 11.3 Å². The van der Waals surface area contributed by atoms with E-state index in [1.165, 1.54) is 25.7 Å². The van der Waals surface area contributed by atoms with Crippen molar-refractivity contribution in [3.05, 3.63) is 11.4 Å². The molecule has 0 radical (unpaired) electrons. The number of aromatic nitrogens is 2. The molecule has 4 N–H and O–H groups in total. The van der Waals surface area contributed by atoms with Gasteiger partial charge in [-0.15, -0.1) is 11.3 Å². The van der Waals surface area contributed by atoms with E-state index in [1.54, 1.807) is 11.3 Å². The highest BCUT2D eigenvalue weighted by Crippen LogP contribution is 2.35. The number of nitrogens with zero attached hydrogens (tertiary/aromatic N) is 2. The fraction of sp³-hybridized carbons (Fsp3) is 0.500. The monoisotopic (exact) mass is 263 g/mol. The first-order valence-corrected chi connectivity index (χ1v) is 7.08. The number of thiophene rings is 1. The molecule has 5 nitrogen and oxygen atoms in total. The van der Waals surface area contributed by atoms with Crippen LogP contribution in [-0.2, 0) is 0 Å². The lowest BCUT2D eigenvalue weighted by molar-refractivity contribution is 0.532. The van der Waals surface area contributed by atoms with Crippen LogP contribution in [0.5, 0.6) is 0 Å². The lowest BCUT2D eigenvalue weighted by atomic mass is 10.0. The molecule has 2 aromatic rings. The highest BCUT2D eigenvalue weighted by Gasteiger charge is 2.29. The molecule has 1 aliphatic rings. The third-order valence-electron chi connectivity index (χ3n) is 3.58. The van der Waals surface area contributed by atoms with Crippen molar-refractivity contribution < 1.29 is 0 Å². The lowest BCUT2D eigenvalue weighted by Crippen LogP contribution is -2.31. The maximum atomic E-state index is 5.42. The highest BCUT2D eigenvalue weighted by molar-refractivity contribution is 7.16.